The van der Waals surface area contributed by atoms with Gasteiger partial charge >= 0.3 is 16.8 Å². The zero-order valence-electron chi connectivity index (χ0n) is 21.2. The Balaban J connectivity index is 1.38. The molecular formula is C26H21ClF4N4O5S. The summed E-state index contributed by atoms with van der Waals surface area (Å²) in [4.78, 5) is 16.4. The molecule has 3 aromatic carbocycles. The van der Waals surface area contributed by atoms with Gasteiger partial charge in [-0.25, -0.2) is 13.8 Å². The number of aryl methyl sites for hydroxylation is 1. The highest BCUT2D eigenvalue weighted by Gasteiger charge is 2.33. The van der Waals surface area contributed by atoms with Crippen LogP contribution in [0, 0.1) is 11.6 Å². The number of fused-ring (bicyclic) bond motifs is 1. The maximum Gasteiger partial charge on any atom is 0.345 e. The normalized spacial score (nSPS) is 16.0. The van der Waals surface area contributed by atoms with Crippen LogP contribution < -0.4 is 15.0 Å². The minimum absolute atomic E-state index is 0.0155. The molecule has 15 heteroatoms. The van der Waals surface area contributed by atoms with E-state index in [2.05, 4.69) is 14.4 Å². The molecule has 0 amide bonds. The van der Waals surface area contributed by atoms with E-state index in [1.165, 1.54) is 55.8 Å². The summed E-state index contributed by atoms with van der Waals surface area (Å²) in [6, 6.07) is 10.9. The van der Waals surface area contributed by atoms with Gasteiger partial charge in [-0.2, -0.15) is 21.5 Å². The zero-order valence-corrected chi connectivity index (χ0v) is 22.7. The molecule has 1 atom stereocenters. The quantitative estimate of drug-likeness (QED) is 0.271. The van der Waals surface area contributed by atoms with E-state index in [-0.39, 0.29) is 41.1 Å². The average molecular weight is 613 g/mol. The molecule has 216 valence electrons. The average Bonchev–Trinajstić information content (AvgIpc) is 3.39. The number of nitrogens with one attached hydrogen (secondary N) is 1. The topological polar surface area (TPSA) is 103 Å². The molecule has 41 heavy (non-hydrogen) atoms. The molecule has 1 saturated heterocycles. The van der Waals surface area contributed by atoms with E-state index in [1.807, 2.05) is 0 Å². The van der Waals surface area contributed by atoms with Crippen molar-refractivity contribution in [1.82, 2.24) is 13.9 Å². The summed E-state index contributed by atoms with van der Waals surface area (Å²) in [6.45, 7) is -3.19. The summed E-state index contributed by atoms with van der Waals surface area (Å²) in [6.07, 6.45) is 0.471. The standard InChI is InChI=1S/C26H21ClF4N4O5S/c1-34-13-32-19-8-9-20(23(29)21(19)25(34)36)40-24-18(28)7-6-17(22(24)27)14-2-4-15(5-3-14)33-41(37,38)35-11-10-16(12-35)39-26(30)31/h2-9,13,16,26,33H,10-12H2,1H3/t16-/m1/s1. The maximum atomic E-state index is 15.2. The van der Waals surface area contributed by atoms with Crippen molar-refractivity contribution < 1.29 is 35.5 Å². The number of ether oxygens (including phenoxy) is 2. The number of aromatic nitrogens is 2. The largest absolute Gasteiger partial charge is 0.450 e. The molecule has 0 spiro atoms. The van der Waals surface area contributed by atoms with Crippen molar-refractivity contribution in [2.75, 3.05) is 17.8 Å². The van der Waals surface area contributed by atoms with E-state index >= 15 is 4.39 Å². The second kappa shape index (κ2) is 11.3. The molecule has 2 heterocycles. The van der Waals surface area contributed by atoms with Gasteiger partial charge in [-0.1, -0.05) is 23.7 Å². The molecule has 0 bridgehead atoms. The summed E-state index contributed by atoms with van der Waals surface area (Å²) in [5, 5.41) is -0.525. The molecule has 5 rings (SSSR count). The van der Waals surface area contributed by atoms with Crippen molar-refractivity contribution >= 4 is 38.4 Å². The Kier molecular flexibility index (Phi) is 7.92. The lowest BCUT2D eigenvalue weighted by Gasteiger charge is -2.18. The smallest absolute Gasteiger partial charge is 0.345 e. The number of alkyl halides is 2. The fraction of sp³-hybridized carbons (Fsp3) is 0.231. The number of hydrogen-bond donors (Lipinski definition) is 1. The second-order valence-electron chi connectivity index (χ2n) is 9.12. The van der Waals surface area contributed by atoms with Crippen molar-refractivity contribution in [2.24, 2.45) is 7.05 Å². The summed E-state index contributed by atoms with van der Waals surface area (Å²) in [5.41, 5.74) is 0.365. The first-order valence-electron chi connectivity index (χ1n) is 12.1. The van der Waals surface area contributed by atoms with Gasteiger partial charge in [0.2, 0.25) is 0 Å². The first-order chi connectivity index (χ1) is 19.4. The molecule has 4 aromatic rings. The van der Waals surface area contributed by atoms with Gasteiger partial charge in [-0.15, -0.1) is 0 Å². The van der Waals surface area contributed by atoms with Gasteiger partial charge in [-0.3, -0.25) is 9.52 Å². The Hall–Kier alpha value is -3.72. The van der Waals surface area contributed by atoms with Crippen LogP contribution in [0.1, 0.15) is 6.42 Å². The van der Waals surface area contributed by atoms with Crippen molar-refractivity contribution in [3.63, 3.8) is 0 Å². The van der Waals surface area contributed by atoms with Crippen LogP contribution in [0.2, 0.25) is 5.02 Å². The van der Waals surface area contributed by atoms with Crippen LogP contribution in [0.25, 0.3) is 22.0 Å². The highest BCUT2D eigenvalue weighted by atomic mass is 35.5. The maximum absolute atomic E-state index is 15.2. The van der Waals surface area contributed by atoms with Gasteiger partial charge in [0.15, 0.2) is 23.1 Å². The molecule has 9 nitrogen and oxygen atoms in total. The van der Waals surface area contributed by atoms with Gasteiger partial charge in [-0.05, 0) is 48.4 Å². The molecule has 0 unspecified atom stereocenters. The van der Waals surface area contributed by atoms with E-state index in [4.69, 9.17) is 16.3 Å². The van der Waals surface area contributed by atoms with Crippen LogP contribution in [0.3, 0.4) is 0 Å². The van der Waals surface area contributed by atoms with Crippen LogP contribution in [0.4, 0.5) is 23.2 Å². The minimum Gasteiger partial charge on any atom is -0.450 e. The number of halogens is 5. The highest BCUT2D eigenvalue weighted by Crippen LogP contribution is 2.41. The van der Waals surface area contributed by atoms with Crippen LogP contribution >= 0.6 is 11.6 Å². The van der Waals surface area contributed by atoms with Gasteiger partial charge in [0.1, 0.15) is 5.39 Å². The molecule has 0 radical (unpaired) electrons. The molecule has 1 aromatic heterocycles. The molecular weight excluding hydrogens is 592 g/mol. The Labute approximate surface area is 236 Å². The number of hydrogen-bond acceptors (Lipinski definition) is 6. The first-order valence-corrected chi connectivity index (χ1v) is 13.9. The van der Waals surface area contributed by atoms with Gasteiger partial charge in [0.05, 0.1) is 23.0 Å². The van der Waals surface area contributed by atoms with Gasteiger partial charge in [0, 0.05) is 31.4 Å². The van der Waals surface area contributed by atoms with E-state index in [1.54, 1.807) is 0 Å². The van der Waals surface area contributed by atoms with E-state index < -0.39 is 51.6 Å². The summed E-state index contributed by atoms with van der Waals surface area (Å²) in [5.74, 6) is -2.84. The third kappa shape index (κ3) is 5.86. The van der Waals surface area contributed by atoms with Gasteiger partial charge < -0.3 is 14.0 Å². The lowest BCUT2D eigenvalue weighted by Crippen LogP contribution is -2.35. The SMILES string of the molecule is Cn1cnc2ccc(Oc3c(F)ccc(-c4ccc(NS(=O)(=O)N5CC[C@@H](OC(F)F)C5)cc4)c3Cl)c(F)c2c1=O. The fourth-order valence-corrected chi connectivity index (χ4v) is 5.95. The molecule has 1 fully saturated rings. The second-order valence-corrected chi connectivity index (χ2v) is 11.2. The summed E-state index contributed by atoms with van der Waals surface area (Å²) < 4.78 is 94.6. The predicted molar refractivity (Wildman–Crippen MR) is 143 cm³/mol. The van der Waals surface area contributed by atoms with Crippen molar-refractivity contribution in [1.29, 1.82) is 0 Å². The summed E-state index contributed by atoms with van der Waals surface area (Å²) in [7, 11) is -2.63. The van der Waals surface area contributed by atoms with E-state index in [0.29, 0.717) is 11.1 Å². The van der Waals surface area contributed by atoms with Crippen LogP contribution in [-0.4, -0.2) is 48.1 Å². The fourth-order valence-electron chi connectivity index (χ4n) is 4.38. The molecule has 1 aliphatic heterocycles. The van der Waals surface area contributed by atoms with Crippen molar-refractivity contribution in [2.45, 2.75) is 19.1 Å². The monoisotopic (exact) mass is 612 g/mol. The Bertz CT molecular complexity index is 1790. The lowest BCUT2D eigenvalue weighted by molar-refractivity contribution is -0.157. The lowest BCUT2D eigenvalue weighted by atomic mass is 10.0. The number of rotatable bonds is 8. The first kappa shape index (κ1) is 28.8. The van der Waals surface area contributed by atoms with E-state index in [0.717, 1.165) is 14.9 Å². The number of anilines is 1. The molecule has 1 aliphatic rings. The summed E-state index contributed by atoms with van der Waals surface area (Å²) >= 11 is 6.46. The minimum atomic E-state index is -4.04. The van der Waals surface area contributed by atoms with Crippen LogP contribution in [0.5, 0.6) is 11.5 Å². The molecule has 1 N–H and O–H groups in total. The number of nitrogens with zero attached hydrogens (tertiary/aromatic N) is 3. The van der Waals surface area contributed by atoms with Crippen LogP contribution in [-0.2, 0) is 22.0 Å². The highest BCUT2D eigenvalue weighted by molar-refractivity contribution is 7.90. The zero-order chi connectivity index (χ0) is 29.5. The van der Waals surface area contributed by atoms with Crippen LogP contribution in [0.15, 0.2) is 59.7 Å². The van der Waals surface area contributed by atoms with Crippen molar-refractivity contribution in [3.05, 3.63) is 81.9 Å². The van der Waals surface area contributed by atoms with Gasteiger partial charge in [0.25, 0.3) is 5.56 Å². The Morgan fingerprint density at radius 3 is 2.54 bits per heavy atom. The number of benzene rings is 3. The molecule has 0 aliphatic carbocycles. The third-order valence-electron chi connectivity index (χ3n) is 6.44. The Morgan fingerprint density at radius 1 is 1.10 bits per heavy atom. The van der Waals surface area contributed by atoms with Crippen molar-refractivity contribution in [3.8, 4) is 22.6 Å². The molecule has 0 saturated carbocycles. The van der Waals surface area contributed by atoms with E-state index in [9.17, 15) is 26.4 Å². The third-order valence-corrected chi connectivity index (χ3v) is 8.32. The Morgan fingerprint density at radius 2 is 1.83 bits per heavy atom. The predicted octanol–water partition coefficient (Wildman–Crippen LogP) is 5.29.